The van der Waals surface area contributed by atoms with Crippen LogP contribution in [-0.4, -0.2) is 28.3 Å². The normalized spacial score (nSPS) is 17.4. The molecular formula is C7H15ClO2. The van der Waals surface area contributed by atoms with Gasteiger partial charge in [0.1, 0.15) is 0 Å². The van der Waals surface area contributed by atoms with Gasteiger partial charge in [-0.3, -0.25) is 0 Å². The highest BCUT2D eigenvalue weighted by molar-refractivity contribution is 6.21. The summed E-state index contributed by atoms with van der Waals surface area (Å²) in [6, 6.07) is 0. The molecular weight excluding hydrogens is 152 g/mol. The van der Waals surface area contributed by atoms with Gasteiger partial charge in [-0.1, -0.05) is 13.8 Å². The molecule has 0 amide bonds. The zero-order chi connectivity index (χ0) is 8.15. The molecule has 0 aliphatic heterocycles. The Morgan fingerprint density at radius 2 is 1.90 bits per heavy atom. The summed E-state index contributed by atoms with van der Waals surface area (Å²) in [5.41, 5.74) is 0. The highest BCUT2D eigenvalue weighted by Gasteiger charge is 2.15. The molecule has 2 N–H and O–H groups in total. The Morgan fingerprint density at radius 1 is 1.40 bits per heavy atom. The van der Waals surface area contributed by atoms with Crippen molar-refractivity contribution in [1.29, 1.82) is 0 Å². The van der Waals surface area contributed by atoms with Crippen molar-refractivity contribution in [1.82, 2.24) is 0 Å². The second-order valence-corrected chi connectivity index (χ2v) is 3.46. The zero-order valence-corrected chi connectivity index (χ0v) is 7.17. The van der Waals surface area contributed by atoms with Crippen molar-refractivity contribution in [2.45, 2.75) is 31.7 Å². The highest BCUT2D eigenvalue weighted by atomic mass is 35.5. The summed E-state index contributed by atoms with van der Waals surface area (Å²) in [5, 5.41) is 17.2. The van der Waals surface area contributed by atoms with Crippen LogP contribution < -0.4 is 0 Å². The van der Waals surface area contributed by atoms with Gasteiger partial charge < -0.3 is 10.2 Å². The van der Waals surface area contributed by atoms with Crippen molar-refractivity contribution in [2.75, 3.05) is 6.61 Å². The molecule has 2 atom stereocenters. The third-order valence-corrected chi connectivity index (χ3v) is 1.73. The zero-order valence-electron chi connectivity index (χ0n) is 6.42. The van der Waals surface area contributed by atoms with Crippen LogP contribution in [0.25, 0.3) is 0 Å². The smallest absolute Gasteiger partial charge is 0.0825 e. The molecule has 0 aromatic carbocycles. The molecule has 0 fully saturated rings. The fraction of sp³-hybridized carbons (Fsp3) is 1.00. The second-order valence-electron chi connectivity index (χ2n) is 2.90. The Hall–Kier alpha value is 0.210. The average Bonchev–Trinajstić information content (AvgIpc) is 1.85. The van der Waals surface area contributed by atoms with E-state index in [1.54, 1.807) is 0 Å². The minimum absolute atomic E-state index is 0.157. The van der Waals surface area contributed by atoms with E-state index in [2.05, 4.69) is 0 Å². The van der Waals surface area contributed by atoms with Gasteiger partial charge in [0.2, 0.25) is 0 Å². The maximum Gasteiger partial charge on any atom is 0.0825 e. The van der Waals surface area contributed by atoms with Gasteiger partial charge in [0.25, 0.3) is 0 Å². The molecule has 2 nitrogen and oxygen atoms in total. The fourth-order valence-electron chi connectivity index (χ4n) is 0.752. The number of hydrogen-bond donors (Lipinski definition) is 2. The van der Waals surface area contributed by atoms with E-state index in [4.69, 9.17) is 16.7 Å². The number of rotatable bonds is 4. The molecule has 0 saturated heterocycles. The Labute approximate surface area is 66.8 Å². The van der Waals surface area contributed by atoms with Gasteiger partial charge in [0.15, 0.2) is 0 Å². The summed E-state index contributed by atoms with van der Waals surface area (Å²) in [6.07, 6.45) is 0.0704. The van der Waals surface area contributed by atoms with E-state index < -0.39 is 11.5 Å². The van der Waals surface area contributed by atoms with Crippen LogP contribution in [0.3, 0.4) is 0 Å². The SMILES string of the molecule is CC(C)C[C@@H](O)[C@@H](Cl)CO. The van der Waals surface area contributed by atoms with E-state index in [1.807, 2.05) is 13.8 Å². The molecule has 3 heteroatoms. The van der Waals surface area contributed by atoms with Crippen LogP contribution in [-0.2, 0) is 0 Å². The molecule has 0 aliphatic rings. The van der Waals surface area contributed by atoms with Crippen LogP contribution in [0.5, 0.6) is 0 Å². The average molecular weight is 167 g/mol. The Kier molecular flexibility index (Phi) is 5.04. The summed E-state index contributed by atoms with van der Waals surface area (Å²) in [5.74, 6) is 0.419. The molecule has 0 rings (SSSR count). The van der Waals surface area contributed by atoms with Gasteiger partial charge in [-0.2, -0.15) is 0 Å². The lowest BCUT2D eigenvalue weighted by Gasteiger charge is -2.16. The lowest BCUT2D eigenvalue weighted by molar-refractivity contribution is 0.118. The predicted octanol–water partition coefficient (Wildman–Crippen LogP) is 0.993. The summed E-state index contributed by atoms with van der Waals surface area (Å²) >= 11 is 5.56. The fourth-order valence-corrected chi connectivity index (χ4v) is 0.855. The van der Waals surface area contributed by atoms with Crippen LogP contribution in [0.15, 0.2) is 0 Å². The summed E-state index contributed by atoms with van der Waals surface area (Å²) in [7, 11) is 0. The summed E-state index contributed by atoms with van der Waals surface area (Å²) < 4.78 is 0. The molecule has 0 aliphatic carbocycles. The molecule has 62 valence electrons. The maximum absolute atomic E-state index is 9.20. The van der Waals surface area contributed by atoms with Crippen LogP contribution >= 0.6 is 11.6 Å². The summed E-state index contributed by atoms with van der Waals surface area (Å²) in [4.78, 5) is 0. The quantitative estimate of drug-likeness (QED) is 0.612. The van der Waals surface area contributed by atoms with Crippen LogP contribution in [0, 0.1) is 5.92 Å². The van der Waals surface area contributed by atoms with E-state index in [9.17, 15) is 5.11 Å². The summed E-state index contributed by atoms with van der Waals surface area (Å²) in [6.45, 7) is 3.85. The van der Waals surface area contributed by atoms with Crippen molar-refractivity contribution in [3.63, 3.8) is 0 Å². The van der Waals surface area contributed by atoms with Crippen molar-refractivity contribution < 1.29 is 10.2 Å². The Balaban J connectivity index is 3.50. The molecule has 0 aromatic heterocycles. The third kappa shape index (κ3) is 4.09. The minimum Gasteiger partial charge on any atom is -0.395 e. The number of hydrogen-bond acceptors (Lipinski definition) is 2. The van der Waals surface area contributed by atoms with Crippen LogP contribution in [0.1, 0.15) is 20.3 Å². The molecule has 0 saturated carbocycles. The van der Waals surface area contributed by atoms with Gasteiger partial charge in [-0.05, 0) is 12.3 Å². The van der Waals surface area contributed by atoms with Crippen molar-refractivity contribution in [3.8, 4) is 0 Å². The van der Waals surface area contributed by atoms with Gasteiger partial charge in [-0.25, -0.2) is 0 Å². The van der Waals surface area contributed by atoms with Gasteiger partial charge >= 0.3 is 0 Å². The molecule has 0 unspecified atom stereocenters. The van der Waals surface area contributed by atoms with E-state index in [-0.39, 0.29) is 6.61 Å². The van der Waals surface area contributed by atoms with Crippen LogP contribution in [0.4, 0.5) is 0 Å². The Bertz CT molecular complexity index is 85.7. The predicted molar refractivity (Wildman–Crippen MR) is 42.2 cm³/mol. The monoisotopic (exact) mass is 166 g/mol. The molecule has 0 spiro atoms. The minimum atomic E-state index is -0.577. The van der Waals surface area contributed by atoms with Crippen LogP contribution in [0.2, 0.25) is 0 Å². The third-order valence-electron chi connectivity index (χ3n) is 1.30. The van der Waals surface area contributed by atoms with E-state index in [0.29, 0.717) is 12.3 Å². The van der Waals surface area contributed by atoms with Crippen molar-refractivity contribution >= 4 is 11.6 Å². The standard InChI is InChI=1S/C7H15ClO2/c1-5(2)3-7(10)6(8)4-9/h5-7,9-10H,3-4H2,1-2H3/t6-,7+/m0/s1. The topological polar surface area (TPSA) is 40.5 Å². The number of aliphatic hydroxyl groups excluding tert-OH is 2. The number of halogens is 1. The molecule has 0 heterocycles. The second kappa shape index (κ2) is 4.94. The first-order chi connectivity index (χ1) is 4.57. The lowest BCUT2D eigenvalue weighted by Crippen LogP contribution is -2.25. The number of aliphatic hydroxyl groups is 2. The van der Waals surface area contributed by atoms with E-state index in [0.717, 1.165) is 0 Å². The number of alkyl halides is 1. The van der Waals surface area contributed by atoms with E-state index in [1.165, 1.54) is 0 Å². The van der Waals surface area contributed by atoms with Gasteiger partial charge in [0.05, 0.1) is 18.1 Å². The van der Waals surface area contributed by atoms with Gasteiger partial charge in [-0.15, -0.1) is 11.6 Å². The van der Waals surface area contributed by atoms with Gasteiger partial charge in [0, 0.05) is 0 Å². The largest absolute Gasteiger partial charge is 0.395 e. The maximum atomic E-state index is 9.20. The Morgan fingerprint density at radius 3 is 2.20 bits per heavy atom. The van der Waals surface area contributed by atoms with Crippen molar-refractivity contribution in [3.05, 3.63) is 0 Å². The molecule has 0 bridgehead atoms. The van der Waals surface area contributed by atoms with E-state index >= 15 is 0 Å². The molecule has 0 radical (unpaired) electrons. The molecule has 0 aromatic rings. The first-order valence-electron chi connectivity index (χ1n) is 3.51. The first kappa shape index (κ1) is 10.2. The molecule has 10 heavy (non-hydrogen) atoms. The first-order valence-corrected chi connectivity index (χ1v) is 3.94. The highest BCUT2D eigenvalue weighted by Crippen LogP contribution is 2.11. The van der Waals surface area contributed by atoms with Crippen molar-refractivity contribution in [2.24, 2.45) is 5.92 Å². The lowest BCUT2D eigenvalue weighted by atomic mass is 10.0.